The molecule has 86 valence electrons. The molecule has 0 bridgehead atoms. The first-order chi connectivity index (χ1) is 7.00. The Bertz CT molecular complexity index is 280. The first kappa shape index (κ1) is 14.2. The molecular weight excluding hydrogens is 184 g/mol. The van der Waals surface area contributed by atoms with E-state index in [4.69, 9.17) is 0 Å². The summed E-state index contributed by atoms with van der Waals surface area (Å²) in [6, 6.07) is 0. The molecule has 0 aromatic rings. The predicted octanol–water partition coefficient (Wildman–Crippen LogP) is 4.29. The average molecular weight is 208 g/mol. The summed E-state index contributed by atoms with van der Waals surface area (Å²) in [5.41, 5.74) is 2.31. The maximum atomic E-state index is 11.7. The van der Waals surface area contributed by atoms with Gasteiger partial charge in [-0.15, -0.1) is 0 Å². The minimum absolute atomic E-state index is 0.269. The largest absolute Gasteiger partial charge is 0.299 e. The highest BCUT2D eigenvalue weighted by Crippen LogP contribution is 2.38. The molecule has 0 unspecified atom stereocenters. The highest BCUT2D eigenvalue weighted by Gasteiger charge is 2.34. The van der Waals surface area contributed by atoms with Gasteiger partial charge in [0.25, 0.3) is 0 Å². The highest BCUT2D eigenvalue weighted by atomic mass is 16.1. The summed E-state index contributed by atoms with van der Waals surface area (Å²) in [5, 5.41) is 0. The summed E-state index contributed by atoms with van der Waals surface area (Å²) < 4.78 is 0. The fourth-order valence-electron chi connectivity index (χ4n) is 1.95. The van der Waals surface area contributed by atoms with Gasteiger partial charge in [0.2, 0.25) is 0 Å². The van der Waals surface area contributed by atoms with Crippen LogP contribution in [-0.2, 0) is 4.79 Å². The molecule has 0 spiro atoms. The fraction of sp³-hybridized carbons (Fsp3) is 0.643. The Labute approximate surface area is 94.3 Å². The zero-order chi connectivity index (χ0) is 12.1. The molecule has 0 saturated heterocycles. The lowest BCUT2D eigenvalue weighted by Gasteiger charge is -2.31. The molecule has 0 atom stereocenters. The Morgan fingerprint density at radius 3 is 2.20 bits per heavy atom. The van der Waals surface area contributed by atoms with Crippen LogP contribution in [0, 0.1) is 5.41 Å². The quantitative estimate of drug-likeness (QED) is 0.628. The third kappa shape index (κ3) is 3.05. The molecule has 1 rings (SSSR count). The van der Waals surface area contributed by atoms with E-state index >= 15 is 0 Å². The topological polar surface area (TPSA) is 17.1 Å². The van der Waals surface area contributed by atoms with Crippen molar-refractivity contribution >= 4 is 5.78 Å². The number of hydrogen-bond acceptors (Lipinski definition) is 1. The summed E-state index contributed by atoms with van der Waals surface area (Å²) in [5.74, 6) is 0.367. The summed E-state index contributed by atoms with van der Waals surface area (Å²) in [6.07, 6.45) is 5.73. The molecule has 0 heterocycles. The lowest BCUT2D eigenvalue weighted by atomic mass is 9.72. The van der Waals surface area contributed by atoms with E-state index in [0.717, 1.165) is 6.42 Å². The van der Waals surface area contributed by atoms with Gasteiger partial charge < -0.3 is 0 Å². The number of rotatable bonds is 1. The van der Waals surface area contributed by atoms with E-state index in [1.165, 1.54) is 11.1 Å². The van der Waals surface area contributed by atoms with Crippen molar-refractivity contribution in [2.24, 2.45) is 5.41 Å². The molecule has 0 aliphatic heterocycles. The number of allylic oxidation sites excluding steroid dienone is 4. The standard InChI is InChI=1S/C12H18O.C2H6/c1-5-6-10-9(2)7-8-11(13)12(10,3)4;1-2/h5-6H,7-8H2,1-4H3;1-2H3/b6-5+;. The Kier molecular flexibility index (Phi) is 5.56. The molecule has 0 aromatic carbocycles. The van der Waals surface area contributed by atoms with Gasteiger partial charge in [-0.1, -0.05) is 31.6 Å². The first-order valence-corrected chi connectivity index (χ1v) is 5.86. The Balaban J connectivity index is 0.000000921. The minimum Gasteiger partial charge on any atom is -0.299 e. The summed E-state index contributed by atoms with van der Waals surface area (Å²) >= 11 is 0. The van der Waals surface area contributed by atoms with E-state index in [1.54, 1.807) is 0 Å². The molecule has 0 radical (unpaired) electrons. The van der Waals surface area contributed by atoms with Gasteiger partial charge in [-0.05, 0) is 39.7 Å². The van der Waals surface area contributed by atoms with Gasteiger partial charge in [0, 0.05) is 11.8 Å². The zero-order valence-corrected chi connectivity index (χ0v) is 11.0. The SMILES string of the molecule is C/C=C/C1=C(C)CCC(=O)C1(C)C.CC. The lowest BCUT2D eigenvalue weighted by Crippen LogP contribution is -2.30. The molecular formula is C14H24O. The smallest absolute Gasteiger partial charge is 0.143 e. The van der Waals surface area contributed by atoms with E-state index in [0.29, 0.717) is 12.2 Å². The minimum atomic E-state index is -0.269. The molecule has 0 saturated carbocycles. The van der Waals surface area contributed by atoms with Crippen LogP contribution in [0.5, 0.6) is 0 Å². The summed E-state index contributed by atoms with van der Waals surface area (Å²) in [7, 11) is 0. The second-order valence-electron chi connectivity index (χ2n) is 4.24. The zero-order valence-electron chi connectivity index (χ0n) is 11.0. The van der Waals surface area contributed by atoms with E-state index in [1.807, 2.05) is 40.7 Å². The maximum Gasteiger partial charge on any atom is 0.143 e. The van der Waals surface area contributed by atoms with Crippen LogP contribution >= 0.6 is 0 Å². The van der Waals surface area contributed by atoms with Crippen molar-refractivity contribution in [3.63, 3.8) is 0 Å². The van der Waals surface area contributed by atoms with Crippen LogP contribution in [0.4, 0.5) is 0 Å². The van der Waals surface area contributed by atoms with Crippen molar-refractivity contribution in [3.8, 4) is 0 Å². The Hall–Kier alpha value is -0.850. The van der Waals surface area contributed by atoms with Gasteiger partial charge in [-0.2, -0.15) is 0 Å². The average Bonchev–Trinajstić information content (AvgIpc) is 2.22. The number of Topliss-reactive ketones (excluding diaryl/α,β-unsaturated/α-hetero) is 1. The van der Waals surface area contributed by atoms with Gasteiger partial charge >= 0.3 is 0 Å². The molecule has 0 fully saturated rings. The lowest BCUT2D eigenvalue weighted by molar-refractivity contribution is -0.125. The number of hydrogen-bond donors (Lipinski definition) is 0. The number of ketones is 1. The molecule has 1 aliphatic rings. The van der Waals surface area contributed by atoms with E-state index in [-0.39, 0.29) is 5.41 Å². The third-order valence-corrected chi connectivity index (χ3v) is 2.89. The van der Waals surface area contributed by atoms with Gasteiger partial charge in [0.05, 0.1) is 0 Å². The second kappa shape index (κ2) is 5.89. The molecule has 1 heteroatoms. The number of carbonyl (C=O) groups is 1. The van der Waals surface area contributed by atoms with Gasteiger partial charge in [-0.3, -0.25) is 4.79 Å². The summed E-state index contributed by atoms with van der Waals surface area (Å²) in [4.78, 5) is 11.7. The normalized spacial score (nSPS) is 20.3. The Morgan fingerprint density at radius 1 is 1.20 bits per heavy atom. The predicted molar refractivity (Wildman–Crippen MR) is 66.9 cm³/mol. The van der Waals surface area contributed by atoms with Gasteiger partial charge in [-0.25, -0.2) is 0 Å². The van der Waals surface area contributed by atoms with E-state index in [2.05, 4.69) is 13.0 Å². The molecule has 0 N–H and O–H groups in total. The third-order valence-electron chi connectivity index (χ3n) is 2.89. The second-order valence-corrected chi connectivity index (χ2v) is 4.24. The molecule has 1 nitrogen and oxygen atoms in total. The first-order valence-electron chi connectivity index (χ1n) is 5.86. The van der Waals surface area contributed by atoms with E-state index < -0.39 is 0 Å². The maximum absolute atomic E-state index is 11.7. The number of carbonyl (C=O) groups excluding carboxylic acids is 1. The molecule has 15 heavy (non-hydrogen) atoms. The van der Waals surface area contributed by atoms with Gasteiger partial charge in [0.15, 0.2) is 0 Å². The van der Waals surface area contributed by atoms with Crippen molar-refractivity contribution in [1.82, 2.24) is 0 Å². The highest BCUT2D eigenvalue weighted by molar-refractivity contribution is 5.89. The molecule has 0 aromatic heterocycles. The molecule has 0 amide bonds. The summed E-state index contributed by atoms with van der Waals surface area (Å²) in [6.45, 7) is 12.2. The van der Waals surface area contributed by atoms with Crippen molar-refractivity contribution in [2.45, 2.75) is 54.4 Å². The Morgan fingerprint density at radius 2 is 1.73 bits per heavy atom. The van der Waals surface area contributed by atoms with E-state index in [9.17, 15) is 4.79 Å². The monoisotopic (exact) mass is 208 g/mol. The van der Waals surface area contributed by atoms with Crippen LogP contribution in [0.3, 0.4) is 0 Å². The van der Waals surface area contributed by atoms with Crippen molar-refractivity contribution in [1.29, 1.82) is 0 Å². The van der Waals surface area contributed by atoms with Crippen molar-refractivity contribution in [3.05, 3.63) is 23.3 Å². The van der Waals surface area contributed by atoms with Gasteiger partial charge in [0.1, 0.15) is 5.78 Å². The fourth-order valence-corrected chi connectivity index (χ4v) is 1.95. The molecule has 1 aliphatic carbocycles. The van der Waals surface area contributed by atoms with Crippen LogP contribution in [0.25, 0.3) is 0 Å². The van der Waals surface area contributed by atoms with Crippen LogP contribution in [0.15, 0.2) is 23.3 Å². The van der Waals surface area contributed by atoms with Crippen molar-refractivity contribution < 1.29 is 4.79 Å². The van der Waals surface area contributed by atoms with Crippen molar-refractivity contribution in [2.75, 3.05) is 0 Å². The van der Waals surface area contributed by atoms with Crippen LogP contribution < -0.4 is 0 Å². The van der Waals surface area contributed by atoms with Crippen LogP contribution in [-0.4, -0.2) is 5.78 Å². The van der Waals surface area contributed by atoms with Crippen LogP contribution in [0.2, 0.25) is 0 Å². The van der Waals surface area contributed by atoms with Crippen LogP contribution in [0.1, 0.15) is 54.4 Å².